The van der Waals surface area contributed by atoms with Crippen LogP contribution in [0.5, 0.6) is 0 Å². The van der Waals surface area contributed by atoms with Gasteiger partial charge in [0.1, 0.15) is 6.10 Å². The van der Waals surface area contributed by atoms with Crippen molar-refractivity contribution in [1.82, 2.24) is 0 Å². The first-order chi connectivity index (χ1) is 14.0. The van der Waals surface area contributed by atoms with Gasteiger partial charge in [-0.3, -0.25) is 4.79 Å². The lowest BCUT2D eigenvalue weighted by Gasteiger charge is -2.73. The SMILES string of the molecule is CC(=O)O[C@H]1CC[C@@]2(C)[C@@](C)(CCC3[C@]2(C)CC[C@]2(C)C4(CC[C@@]32C)OCCO4)C1. The van der Waals surface area contributed by atoms with Gasteiger partial charge in [0, 0.05) is 18.8 Å². The average Bonchev–Trinajstić information content (AvgIpc) is 3.23. The Morgan fingerprint density at radius 1 is 0.800 bits per heavy atom. The van der Waals surface area contributed by atoms with Gasteiger partial charge < -0.3 is 14.2 Å². The van der Waals surface area contributed by atoms with Crippen LogP contribution in [0.15, 0.2) is 0 Å². The first-order valence-electron chi connectivity index (χ1n) is 12.4. The molecule has 0 aromatic rings. The third-order valence-corrected chi connectivity index (χ3v) is 12.1. The van der Waals surface area contributed by atoms with E-state index in [2.05, 4.69) is 34.6 Å². The molecule has 4 saturated carbocycles. The van der Waals surface area contributed by atoms with Crippen LogP contribution in [0.1, 0.15) is 99.3 Å². The molecule has 1 spiro atoms. The van der Waals surface area contributed by atoms with E-state index in [9.17, 15) is 4.79 Å². The number of carbonyl (C=O) groups is 1. The Kier molecular flexibility index (Phi) is 4.42. The van der Waals surface area contributed by atoms with E-state index in [0.29, 0.717) is 11.3 Å². The highest BCUT2D eigenvalue weighted by Crippen LogP contribution is 2.80. The molecular weight excluding hydrogens is 376 g/mol. The van der Waals surface area contributed by atoms with Gasteiger partial charge in [0.15, 0.2) is 5.79 Å². The summed E-state index contributed by atoms with van der Waals surface area (Å²) in [6, 6.07) is 0. The van der Waals surface area contributed by atoms with Crippen molar-refractivity contribution >= 4 is 5.97 Å². The zero-order valence-electron chi connectivity index (χ0n) is 20.1. The molecule has 1 saturated heterocycles. The molecule has 0 bridgehead atoms. The topological polar surface area (TPSA) is 44.8 Å². The third kappa shape index (κ3) is 2.28. The molecule has 30 heavy (non-hydrogen) atoms. The van der Waals surface area contributed by atoms with Gasteiger partial charge in [0.2, 0.25) is 0 Å². The largest absolute Gasteiger partial charge is 0.463 e. The molecule has 4 heteroatoms. The van der Waals surface area contributed by atoms with Gasteiger partial charge in [-0.25, -0.2) is 0 Å². The minimum absolute atomic E-state index is 0.0969. The first-order valence-corrected chi connectivity index (χ1v) is 12.4. The van der Waals surface area contributed by atoms with Gasteiger partial charge in [0.25, 0.3) is 0 Å². The van der Waals surface area contributed by atoms with Gasteiger partial charge in [-0.2, -0.15) is 0 Å². The summed E-state index contributed by atoms with van der Waals surface area (Å²) in [5.41, 5.74) is 1.16. The van der Waals surface area contributed by atoms with E-state index in [4.69, 9.17) is 14.2 Å². The van der Waals surface area contributed by atoms with Crippen molar-refractivity contribution in [3.05, 3.63) is 0 Å². The van der Waals surface area contributed by atoms with Crippen LogP contribution in [-0.2, 0) is 19.0 Å². The minimum Gasteiger partial charge on any atom is -0.463 e. The van der Waals surface area contributed by atoms with Crippen LogP contribution in [0, 0.1) is 33.0 Å². The lowest BCUT2D eigenvalue weighted by molar-refractivity contribution is -0.294. The zero-order chi connectivity index (χ0) is 21.6. The normalized spacial score (nSPS) is 54.3. The number of hydrogen-bond acceptors (Lipinski definition) is 4. The molecule has 170 valence electrons. The molecular formula is C26H42O4. The Balaban J connectivity index is 1.50. The number of hydrogen-bond donors (Lipinski definition) is 0. The van der Waals surface area contributed by atoms with Crippen LogP contribution in [-0.4, -0.2) is 31.1 Å². The Hall–Kier alpha value is -0.610. The predicted octanol–water partition coefficient (Wildman–Crippen LogP) is 5.87. The maximum absolute atomic E-state index is 11.6. The molecule has 5 aliphatic rings. The van der Waals surface area contributed by atoms with Crippen LogP contribution >= 0.6 is 0 Å². The molecule has 0 aromatic heterocycles. The van der Waals surface area contributed by atoms with E-state index in [1.807, 2.05) is 0 Å². The molecule has 1 unspecified atom stereocenters. The van der Waals surface area contributed by atoms with Crippen LogP contribution in [0.25, 0.3) is 0 Å². The summed E-state index contributed by atoms with van der Waals surface area (Å²) >= 11 is 0. The number of fused-ring (bicyclic) bond motifs is 6. The lowest BCUT2D eigenvalue weighted by Crippen LogP contribution is -2.67. The van der Waals surface area contributed by atoms with Crippen LogP contribution in [0.3, 0.4) is 0 Å². The summed E-state index contributed by atoms with van der Waals surface area (Å²) in [5, 5.41) is 0. The molecule has 4 aliphatic carbocycles. The molecule has 0 radical (unpaired) electrons. The minimum atomic E-state index is -0.349. The number of carbonyl (C=O) groups excluding carboxylic acids is 1. The Bertz CT molecular complexity index is 743. The Morgan fingerprint density at radius 3 is 2.10 bits per heavy atom. The van der Waals surface area contributed by atoms with Crippen molar-refractivity contribution in [1.29, 1.82) is 0 Å². The molecule has 1 heterocycles. The van der Waals surface area contributed by atoms with E-state index in [0.717, 1.165) is 32.5 Å². The number of ether oxygens (including phenoxy) is 3. The van der Waals surface area contributed by atoms with E-state index in [1.165, 1.54) is 38.5 Å². The first kappa shape index (κ1) is 21.2. The van der Waals surface area contributed by atoms with E-state index in [-0.39, 0.29) is 39.5 Å². The second-order valence-electron chi connectivity index (χ2n) is 12.6. The molecule has 0 aromatic carbocycles. The van der Waals surface area contributed by atoms with Crippen molar-refractivity contribution in [2.75, 3.05) is 13.2 Å². The molecule has 7 atom stereocenters. The highest BCUT2D eigenvalue weighted by molar-refractivity contribution is 5.66. The van der Waals surface area contributed by atoms with Crippen LogP contribution in [0.2, 0.25) is 0 Å². The van der Waals surface area contributed by atoms with Crippen molar-refractivity contribution in [3.63, 3.8) is 0 Å². The molecule has 1 aliphatic heterocycles. The van der Waals surface area contributed by atoms with Crippen LogP contribution < -0.4 is 0 Å². The summed E-state index contributed by atoms with van der Waals surface area (Å²) in [5.74, 6) is 0.220. The summed E-state index contributed by atoms with van der Waals surface area (Å²) < 4.78 is 18.5. The second-order valence-corrected chi connectivity index (χ2v) is 12.6. The van der Waals surface area contributed by atoms with Crippen molar-refractivity contribution in [3.8, 4) is 0 Å². The maximum atomic E-state index is 11.6. The maximum Gasteiger partial charge on any atom is 0.302 e. The van der Waals surface area contributed by atoms with E-state index < -0.39 is 0 Å². The predicted molar refractivity (Wildman–Crippen MR) is 116 cm³/mol. The van der Waals surface area contributed by atoms with Gasteiger partial charge in [-0.05, 0) is 78.9 Å². The fourth-order valence-corrected chi connectivity index (χ4v) is 9.78. The molecule has 0 amide bonds. The van der Waals surface area contributed by atoms with Gasteiger partial charge >= 0.3 is 5.97 Å². The fourth-order valence-electron chi connectivity index (χ4n) is 9.78. The van der Waals surface area contributed by atoms with Crippen molar-refractivity contribution in [2.24, 2.45) is 33.0 Å². The highest BCUT2D eigenvalue weighted by atomic mass is 16.7. The second kappa shape index (κ2) is 6.25. The van der Waals surface area contributed by atoms with E-state index >= 15 is 0 Å². The Morgan fingerprint density at radius 2 is 1.43 bits per heavy atom. The molecule has 5 fully saturated rings. The highest BCUT2D eigenvalue weighted by Gasteiger charge is 2.76. The van der Waals surface area contributed by atoms with Gasteiger partial charge in [-0.15, -0.1) is 0 Å². The van der Waals surface area contributed by atoms with Crippen molar-refractivity contribution in [2.45, 2.75) is 111 Å². The number of rotatable bonds is 1. The molecule has 5 rings (SSSR count). The smallest absolute Gasteiger partial charge is 0.302 e. The van der Waals surface area contributed by atoms with E-state index in [1.54, 1.807) is 6.92 Å². The summed E-state index contributed by atoms with van der Waals surface area (Å²) in [7, 11) is 0. The summed E-state index contributed by atoms with van der Waals surface area (Å²) in [4.78, 5) is 11.6. The number of esters is 1. The summed E-state index contributed by atoms with van der Waals surface area (Å²) in [6.07, 6.45) is 10.5. The molecule has 0 N–H and O–H groups in total. The van der Waals surface area contributed by atoms with Crippen LogP contribution in [0.4, 0.5) is 0 Å². The van der Waals surface area contributed by atoms with Crippen molar-refractivity contribution < 1.29 is 19.0 Å². The van der Waals surface area contributed by atoms with Gasteiger partial charge in [0.05, 0.1) is 13.2 Å². The molecule has 4 nitrogen and oxygen atoms in total. The summed E-state index contributed by atoms with van der Waals surface area (Å²) in [6.45, 7) is 15.8. The lowest BCUT2D eigenvalue weighted by atomic mass is 9.32. The Labute approximate surface area is 182 Å². The van der Waals surface area contributed by atoms with Gasteiger partial charge in [-0.1, -0.05) is 34.6 Å². The zero-order valence-corrected chi connectivity index (χ0v) is 20.1. The monoisotopic (exact) mass is 418 g/mol. The average molecular weight is 419 g/mol. The third-order valence-electron chi connectivity index (χ3n) is 12.1. The fraction of sp³-hybridized carbons (Fsp3) is 0.962. The quantitative estimate of drug-likeness (QED) is 0.499. The standard InChI is InChI=1S/C26H42O4/c1-18(27)30-19-7-10-24(5)21(2,17-19)9-8-20-22(24,3)11-13-25(6)23(20,4)12-14-26(25)28-15-16-29-26/h19-20H,7-17H2,1-6H3/t19-,20?,21-,22-,23-,24-,25-/m0/s1.